The number of hydrogen-bond acceptors (Lipinski definition) is 2. The summed E-state index contributed by atoms with van der Waals surface area (Å²) < 4.78 is 19.3. The lowest BCUT2D eigenvalue weighted by atomic mass is 10.2. The first-order valence-electron chi connectivity index (χ1n) is 9.76. The molecule has 1 fully saturated rings. The summed E-state index contributed by atoms with van der Waals surface area (Å²) in [7, 11) is 1.72. The monoisotopic (exact) mass is 341 g/mol. The lowest BCUT2D eigenvalue weighted by molar-refractivity contribution is 0.208. The zero-order valence-electron chi connectivity index (χ0n) is 17.3. The predicted molar refractivity (Wildman–Crippen MR) is 107 cm³/mol. The van der Waals surface area contributed by atoms with Crippen molar-refractivity contribution in [2.75, 3.05) is 12.4 Å². The quantitative estimate of drug-likeness (QED) is 0.618. The van der Waals surface area contributed by atoms with Crippen LogP contribution in [0.2, 0.25) is 0 Å². The van der Waals surface area contributed by atoms with Gasteiger partial charge in [-0.05, 0) is 44.2 Å². The van der Waals surface area contributed by atoms with Crippen LogP contribution in [0, 0.1) is 12.7 Å². The van der Waals surface area contributed by atoms with E-state index in [-0.39, 0.29) is 5.82 Å². The Morgan fingerprint density at radius 2 is 1.54 bits per heavy atom. The Labute approximate surface area is 150 Å². The average molecular weight is 342 g/mol. The van der Waals surface area contributed by atoms with Crippen LogP contribution >= 0.6 is 0 Å². The molecule has 1 saturated carbocycles. The van der Waals surface area contributed by atoms with Crippen LogP contribution in [0.1, 0.15) is 85.6 Å². The molecular formula is C21H40FNO. The standard InChI is InChI=1S/C13H18FNO.C4H10.2C2H6/c1-9-7-11(14)12(15-2)8-13(9)16-10-5-3-4-6-10;1-3-4-2;2*1-2/h7-8,10,15H,3-6H2,1-2H3;3-4H2,1-2H3;2*1-2H3. The molecule has 24 heavy (non-hydrogen) atoms. The molecule has 1 aromatic rings. The highest BCUT2D eigenvalue weighted by atomic mass is 19.1. The molecule has 142 valence electrons. The van der Waals surface area contributed by atoms with Crippen LogP contribution in [0.3, 0.4) is 0 Å². The lowest BCUT2D eigenvalue weighted by Crippen LogP contribution is -2.12. The van der Waals surface area contributed by atoms with Crippen molar-refractivity contribution in [2.45, 2.75) is 93.1 Å². The van der Waals surface area contributed by atoms with Crippen molar-refractivity contribution in [3.05, 3.63) is 23.5 Å². The maximum Gasteiger partial charge on any atom is 0.146 e. The van der Waals surface area contributed by atoms with Crippen LogP contribution in [0.5, 0.6) is 5.75 Å². The number of ether oxygens (including phenoxy) is 1. The molecule has 2 rings (SSSR count). The van der Waals surface area contributed by atoms with E-state index in [4.69, 9.17) is 4.74 Å². The van der Waals surface area contributed by atoms with Crippen molar-refractivity contribution in [1.82, 2.24) is 0 Å². The van der Waals surface area contributed by atoms with Crippen LogP contribution in [-0.4, -0.2) is 13.2 Å². The number of hydrogen-bond donors (Lipinski definition) is 1. The van der Waals surface area contributed by atoms with Gasteiger partial charge in [0, 0.05) is 13.1 Å². The SMILES string of the molecule is CC.CC.CCCC.CNc1cc(OC2CCCC2)c(C)cc1F. The first kappa shape index (κ1) is 25.0. The second kappa shape index (κ2) is 16.6. The van der Waals surface area contributed by atoms with Gasteiger partial charge in [0.05, 0.1) is 11.8 Å². The molecule has 0 radical (unpaired) electrons. The van der Waals surface area contributed by atoms with E-state index in [9.17, 15) is 4.39 Å². The summed E-state index contributed by atoms with van der Waals surface area (Å²) in [5.41, 5.74) is 1.36. The lowest BCUT2D eigenvalue weighted by Gasteiger charge is -2.16. The third kappa shape index (κ3) is 9.79. The zero-order chi connectivity index (χ0) is 19.0. The van der Waals surface area contributed by atoms with Crippen molar-refractivity contribution < 1.29 is 9.13 Å². The Morgan fingerprint density at radius 3 is 1.96 bits per heavy atom. The predicted octanol–water partition coefficient (Wildman–Crippen LogP) is 7.36. The fourth-order valence-electron chi connectivity index (χ4n) is 2.16. The molecule has 0 bridgehead atoms. The summed E-state index contributed by atoms with van der Waals surface area (Å²) in [6.45, 7) is 14.2. The molecule has 1 N–H and O–H groups in total. The van der Waals surface area contributed by atoms with E-state index in [0.29, 0.717) is 11.8 Å². The van der Waals surface area contributed by atoms with Gasteiger partial charge in [-0.25, -0.2) is 4.39 Å². The maximum absolute atomic E-state index is 13.4. The Hall–Kier alpha value is -1.25. The van der Waals surface area contributed by atoms with Crippen molar-refractivity contribution >= 4 is 5.69 Å². The summed E-state index contributed by atoms with van der Waals surface area (Å²) in [6.07, 6.45) is 7.67. The van der Waals surface area contributed by atoms with E-state index in [0.717, 1.165) is 24.2 Å². The molecule has 1 aromatic carbocycles. The van der Waals surface area contributed by atoms with Gasteiger partial charge in [0.2, 0.25) is 0 Å². The zero-order valence-corrected chi connectivity index (χ0v) is 17.3. The second-order valence-electron chi connectivity index (χ2n) is 5.37. The molecule has 1 aliphatic carbocycles. The van der Waals surface area contributed by atoms with E-state index in [1.807, 2.05) is 34.6 Å². The molecule has 2 nitrogen and oxygen atoms in total. The number of nitrogens with one attached hydrogen (secondary N) is 1. The third-order valence-corrected chi connectivity index (χ3v) is 3.63. The van der Waals surface area contributed by atoms with Crippen LogP contribution in [0.15, 0.2) is 12.1 Å². The van der Waals surface area contributed by atoms with Gasteiger partial charge in [0.25, 0.3) is 0 Å². The van der Waals surface area contributed by atoms with Gasteiger partial charge in [-0.1, -0.05) is 54.4 Å². The topological polar surface area (TPSA) is 21.3 Å². The minimum atomic E-state index is -0.223. The number of aryl methyl sites for hydroxylation is 1. The molecular weight excluding hydrogens is 301 g/mol. The smallest absolute Gasteiger partial charge is 0.146 e. The number of halogens is 1. The Kier molecular flexibility index (Phi) is 17.3. The van der Waals surface area contributed by atoms with Crippen molar-refractivity contribution in [1.29, 1.82) is 0 Å². The highest BCUT2D eigenvalue weighted by molar-refractivity contribution is 5.52. The maximum atomic E-state index is 13.4. The number of unbranched alkanes of at least 4 members (excludes halogenated alkanes) is 1. The molecule has 0 atom stereocenters. The van der Waals surface area contributed by atoms with Crippen LogP contribution < -0.4 is 10.1 Å². The second-order valence-corrected chi connectivity index (χ2v) is 5.37. The molecule has 0 saturated heterocycles. The molecule has 0 spiro atoms. The van der Waals surface area contributed by atoms with Gasteiger partial charge in [-0.2, -0.15) is 0 Å². The Morgan fingerprint density at radius 1 is 1.04 bits per heavy atom. The summed E-state index contributed by atoms with van der Waals surface area (Å²) in [4.78, 5) is 0. The van der Waals surface area contributed by atoms with Gasteiger partial charge in [-0.3, -0.25) is 0 Å². The van der Waals surface area contributed by atoms with Gasteiger partial charge < -0.3 is 10.1 Å². The molecule has 0 aliphatic heterocycles. The summed E-state index contributed by atoms with van der Waals surface area (Å²) >= 11 is 0. The number of anilines is 1. The van der Waals surface area contributed by atoms with Crippen molar-refractivity contribution in [3.8, 4) is 5.75 Å². The number of rotatable bonds is 4. The molecule has 0 aromatic heterocycles. The van der Waals surface area contributed by atoms with Gasteiger partial charge in [-0.15, -0.1) is 0 Å². The van der Waals surface area contributed by atoms with Gasteiger partial charge in [0.15, 0.2) is 0 Å². The molecule has 0 unspecified atom stereocenters. The third-order valence-electron chi connectivity index (χ3n) is 3.63. The first-order chi connectivity index (χ1) is 11.6. The van der Waals surface area contributed by atoms with Crippen LogP contribution in [0.25, 0.3) is 0 Å². The minimum Gasteiger partial charge on any atom is -0.490 e. The van der Waals surface area contributed by atoms with E-state index < -0.39 is 0 Å². The van der Waals surface area contributed by atoms with Crippen LogP contribution in [0.4, 0.5) is 10.1 Å². The normalized spacial score (nSPS) is 12.7. The molecule has 1 aliphatic rings. The Bertz CT molecular complexity index is 399. The van der Waals surface area contributed by atoms with E-state index in [1.165, 1.54) is 31.7 Å². The Balaban J connectivity index is 0. The highest BCUT2D eigenvalue weighted by Gasteiger charge is 2.18. The average Bonchev–Trinajstić information content (AvgIpc) is 3.14. The molecule has 0 amide bonds. The van der Waals surface area contributed by atoms with E-state index in [2.05, 4.69) is 19.2 Å². The van der Waals surface area contributed by atoms with Crippen molar-refractivity contribution in [2.24, 2.45) is 0 Å². The van der Waals surface area contributed by atoms with E-state index >= 15 is 0 Å². The molecule has 0 heterocycles. The first-order valence-corrected chi connectivity index (χ1v) is 9.76. The largest absolute Gasteiger partial charge is 0.490 e. The summed E-state index contributed by atoms with van der Waals surface area (Å²) in [5.74, 6) is 0.580. The summed E-state index contributed by atoms with van der Waals surface area (Å²) in [6, 6.07) is 3.28. The fraction of sp³-hybridized carbons (Fsp3) is 0.714. The summed E-state index contributed by atoms with van der Waals surface area (Å²) in [5, 5.41) is 2.83. The minimum absolute atomic E-state index is 0.223. The van der Waals surface area contributed by atoms with Crippen molar-refractivity contribution in [3.63, 3.8) is 0 Å². The van der Waals surface area contributed by atoms with Crippen LogP contribution in [-0.2, 0) is 0 Å². The molecule has 3 heteroatoms. The number of benzene rings is 1. The fourth-order valence-corrected chi connectivity index (χ4v) is 2.16. The van der Waals surface area contributed by atoms with E-state index in [1.54, 1.807) is 13.1 Å². The van der Waals surface area contributed by atoms with Gasteiger partial charge >= 0.3 is 0 Å². The highest BCUT2D eigenvalue weighted by Crippen LogP contribution is 2.30. The van der Waals surface area contributed by atoms with Gasteiger partial charge in [0.1, 0.15) is 11.6 Å².